The molecule has 1 aliphatic heterocycles. The first-order chi connectivity index (χ1) is 13.4. The Morgan fingerprint density at radius 1 is 1.11 bits per heavy atom. The van der Waals surface area contributed by atoms with Gasteiger partial charge < -0.3 is 34.6 Å². The number of nitrogens with zero attached hydrogens (tertiary/aromatic N) is 1. The monoisotopic (exact) mass is 394 g/mol. The zero-order chi connectivity index (χ0) is 20.3. The average molecular weight is 394 g/mol. The first kappa shape index (κ1) is 20.6. The minimum absolute atomic E-state index is 0.218. The summed E-state index contributed by atoms with van der Waals surface area (Å²) in [5.74, 6) is 1.00. The van der Waals surface area contributed by atoms with Crippen LogP contribution in [-0.4, -0.2) is 74.5 Å². The number of aryl methyl sites for hydroxylation is 1. The largest absolute Gasteiger partial charge is 0.494 e. The van der Waals surface area contributed by atoms with Crippen molar-refractivity contribution in [1.29, 1.82) is 0 Å². The first-order valence-corrected chi connectivity index (χ1v) is 9.17. The summed E-state index contributed by atoms with van der Waals surface area (Å²) in [6.07, 6.45) is -6.25. The van der Waals surface area contributed by atoms with E-state index in [9.17, 15) is 20.4 Å². The van der Waals surface area contributed by atoms with Crippen molar-refractivity contribution in [3.05, 3.63) is 41.1 Å². The molecule has 0 radical (unpaired) electrons. The Morgan fingerprint density at radius 3 is 2.46 bits per heavy atom. The van der Waals surface area contributed by atoms with Crippen LogP contribution < -0.4 is 9.47 Å². The van der Waals surface area contributed by atoms with Crippen LogP contribution in [0.3, 0.4) is 0 Å². The molecule has 0 spiro atoms. The molecule has 2 heterocycles. The van der Waals surface area contributed by atoms with Crippen molar-refractivity contribution in [3.8, 4) is 11.6 Å². The normalized spacial score (nSPS) is 27.6. The molecule has 2 aromatic rings. The molecule has 1 saturated heterocycles. The number of benzene rings is 1. The molecule has 3 rings (SSSR count). The number of hydrogen-bond donors (Lipinski definition) is 5. The Kier molecular flexibility index (Phi) is 6.53. The molecule has 154 valence electrons. The number of rotatable bonds is 7. The smallest absolute Gasteiger partial charge is 0.238 e. The number of aliphatic hydroxyl groups excluding tert-OH is 4. The van der Waals surface area contributed by atoms with Gasteiger partial charge in [-0.05, 0) is 31.5 Å². The molecular formula is C19H26N2O7. The number of hydrogen-bond acceptors (Lipinski definition) is 8. The Hall–Kier alpha value is -2.17. The fourth-order valence-electron chi connectivity index (χ4n) is 3.08. The molecule has 28 heavy (non-hydrogen) atoms. The molecule has 5 atom stereocenters. The predicted octanol–water partition coefficient (Wildman–Crippen LogP) is -0.114. The maximum Gasteiger partial charge on any atom is 0.238 e. The van der Waals surface area contributed by atoms with E-state index in [1.807, 2.05) is 38.1 Å². The lowest BCUT2D eigenvalue weighted by Gasteiger charge is -2.39. The summed E-state index contributed by atoms with van der Waals surface area (Å²) in [4.78, 5) is 0. The van der Waals surface area contributed by atoms with E-state index in [1.54, 1.807) is 0 Å². The Bertz CT molecular complexity index is 762. The lowest BCUT2D eigenvalue weighted by atomic mass is 9.99. The Labute approximate surface area is 162 Å². The summed E-state index contributed by atoms with van der Waals surface area (Å²) in [5, 5.41) is 46.2. The molecule has 9 nitrogen and oxygen atoms in total. The zero-order valence-corrected chi connectivity index (χ0v) is 15.8. The van der Waals surface area contributed by atoms with Crippen molar-refractivity contribution in [2.75, 3.05) is 13.2 Å². The highest BCUT2D eigenvalue weighted by Crippen LogP contribution is 2.28. The minimum atomic E-state index is -1.51. The minimum Gasteiger partial charge on any atom is -0.494 e. The van der Waals surface area contributed by atoms with Crippen LogP contribution in [0.5, 0.6) is 11.6 Å². The molecule has 0 bridgehead atoms. The third-order valence-electron chi connectivity index (χ3n) is 4.73. The van der Waals surface area contributed by atoms with Crippen molar-refractivity contribution in [2.45, 2.75) is 51.0 Å². The second-order valence-electron chi connectivity index (χ2n) is 6.70. The molecule has 1 fully saturated rings. The van der Waals surface area contributed by atoms with E-state index >= 15 is 0 Å². The van der Waals surface area contributed by atoms with Gasteiger partial charge in [0.1, 0.15) is 30.2 Å². The van der Waals surface area contributed by atoms with Gasteiger partial charge in [0.15, 0.2) is 0 Å². The van der Waals surface area contributed by atoms with Crippen LogP contribution in [0.1, 0.15) is 23.7 Å². The van der Waals surface area contributed by atoms with Gasteiger partial charge in [0, 0.05) is 17.7 Å². The van der Waals surface area contributed by atoms with Crippen molar-refractivity contribution in [3.63, 3.8) is 0 Å². The van der Waals surface area contributed by atoms with Gasteiger partial charge in [-0.3, -0.25) is 5.10 Å². The maximum atomic E-state index is 10.2. The van der Waals surface area contributed by atoms with E-state index < -0.39 is 37.3 Å². The van der Waals surface area contributed by atoms with Crippen molar-refractivity contribution >= 4 is 0 Å². The molecule has 1 aliphatic rings. The van der Waals surface area contributed by atoms with Crippen LogP contribution in [0.15, 0.2) is 24.3 Å². The maximum absolute atomic E-state index is 10.2. The van der Waals surface area contributed by atoms with Crippen molar-refractivity contribution in [2.24, 2.45) is 0 Å². The Balaban J connectivity index is 1.75. The highest BCUT2D eigenvalue weighted by Gasteiger charge is 2.45. The third kappa shape index (κ3) is 4.29. The van der Waals surface area contributed by atoms with Gasteiger partial charge in [-0.15, -0.1) is 5.10 Å². The molecule has 1 aromatic carbocycles. The van der Waals surface area contributed by atoms with Gasteiger partial charge in [-0.2, -0.15) is 0 Å². The molecule has 5 N–H and O–H groups in total. The molecule has 0 amide bonds. The summed E-state index contributed by atoms with van der Waals surface area (Å²) < 4.78 is 16.5. The summed E-state index contributed by atoms with van der Waals surface area (Å²) in [5.41, 5.74) is 2.56. The molecule has 0 saturated carbocycles. The van der Waals surface area contributed by atoms with Crippen molar-refractivity contribution < 1.29 is 34.6 Å². The highest BCUT2D eigenvalue weighted by atomic mass is 16.7. The summed E-state index contributed by atoms with van der Waals surface area (Å²) in [6.45, 7) is 3.84. The first-order valence-electron chi connectivity index (χ1n) is 9.17. The summed E-state index contributed by atoms with van der Waals surface area (Å²) >= 11 is 0. The summed E-state index contributed by atoms with van der Waals surface area (Å²) in [7, 11) is 0. The lowest BCUT2D eigenvalue weighted by Crippen LogP contribution is -2.60. The molecule has 1 aromatic heterocycles. The van der Waals surface area contributed by atoms with Gasteiger partial charge in [0.2, 0.25) is 12.2 Å². The molecule has 1 unspecified atom stereocenters. The predicted molar refractivity (Wildman–Crippen MR) is 98.1 cm³/mol. The van der Waals surface area contributed by atoms with Crippen LogP contribution in [0.25, 0.3) is 0 Å². The van der Waals surface area contributed by atoms with Crippen LogP contribution in [0.4, 0.5) is 0 Å². The lowest BCUT2D eigenvalue weighted by molar-refractivity contribution is -0.278. The number of nitrogens with one attached hydrogen (secondary N) is 1. The average Bonchev–Trinajstić information content (AvgIpc) is 3.03. The SMILES string of the molecule is CCOc1ccc(Cc2c(OC3O[C@H](CO)[C@@H](O)[C@H](O)[C@H]3O)n[nH]c2C)cc1. The second kappa shape index (κ2) is 8.89. The van der Waals surface area contributed by atoms with E-state index in [4.69, 9.17) is 14.2 Å². The van der Waals surface area contributed by atoms with Crippen LogP contribution in [0, 0.1) is 6.92 Å². The fourth-order valence-corrected chi connectivity index (χ4v) is 3.08. The van der Waals surface area contributed by atoms with Crippen LogP contribution >= 0.6 is 0 Å². The van der Waals surface area contributed by atoms with Gasteiger partial charge in [-0.25, -0.2) is 0 Å². The van der Waals surface area contributed by atoms with E-state index in [-0.39, 0.29) is 5.88 Å². The second-order valence-corrected chi connectivity index (χ2v) is 6.70. The van der Waals surface area contributed by atoms with Gasteiger partial charge in [0.05, 0.1) is 13.2 Å². The number of aromatic amines is 1. The fraction of sp³-hybridized carbons (Fsp3) is 0.526. The van der Waals surface area contributed by atoms with E-state index in [0.717, 1.165) is 22.6 Å². The van der Waals surface area contributed by atoms with E-state index in [0.29, 0.717) is 13.0 Å². The van der Waals surface area contributed by atoms with E-state index in [2.05, 4.69) is 10.2 Å². The third-order valence-corrected chi connectivity index (χ3v) is 4.73. The quantitative estimate of drug-likeness (QED) is 0.439. The van der Waals surface area contributed by atoms with Gasteiger partial charge in [0.25, 0.3) is 0 Å². The Morgan fingerprint density at radius 2 is 1.82 bits per heavy atom. The standard InChI is InChI=1S/C19H26N2O7/c1-3-26-12-6-4-11(5-7-12)8-13-10(2)20-21-18(13)28-19-17(25)16(24)15(23)14(9-22)27-19/h4-7,14-17,19,22-25H,3,8-9H2,1-2H3,(H,20,21)/t14-,15-,16+,17-,19?/m1/s1. The highest BCUT2D eigenvalue weighted by molar-refractivity contribution is 5.37. The zero-order valence-electron chi connectivity index (χ0n) is 15.8. The molecular weight excluding hydrogens is 368 g/mol. The van der Waals surface area contributed by atoms with Gasteiger partial charge >= 0.3 is 0 Å². The van der Waals surface area contributed by atoms with Gasteiger partial charge in [-0.1, -0.05) is 12.1 Å². The number of aromatic nitrogens is 2. The summed E-state index contributed by atoms with van der Waals surface area (Å²) in [6, 6.07) is 7.64. The van der Waals surface area contributed by atoms with Crippen molar-refractivity contribution in [1.82, 2.24) is 10.2 Å². The van der Waals surface area contributed by atoms with Crippen LogP contribution in [0.2, 0.25) is 0 Å². The van der Waals surface area contributed by atoms with Crippen LogP contribution in [-0.2, 0) is 11.2 Å². The number of H-pyrrole nitrogens is 1. The van der Waals surface area contributed by atoms with E-state index in [1.165, 1.54) is 0 Å². The topological polar surface area (TPSA) is 137 Å². The molecule has 0 aliphatic carbocycles. The number of ether oxygens (including phenoxy) is 3. The molecule has 9 heteroatoms. The number of aliphatic hydroxyl groups is 4.